The zero-order valence-electron chi connectivity index (χ0n) is 19.8. The molecule has 0 spiro atoms. The molecule has 3 rings (SSSR count). The van der Waals surface area contributed by atoms with Crippen LogP contribution in [-0.2, 0) is 13.1 Å². The summed E-state index contributed by atoms with van der Waals surface area (Å²) in [6.07, 6.45) is 6.06. The molecule has 0 radical (unpaired) electrons. The summed E-state index contributed by atoms with van der Waals surface area (Å²) in [5.41, 5.74) is 0.220. The maximum Gasteiger partial charge on any atom is 0.259 e. The minimum atomic E-state index is -0.537. The van der Waals surface area contributed by atoms with Gasteiger partial charge in [-0.05, 0) is 37.3 Å². The third-order valence-electron chi connectivity index (χ3n) is 5.71. The van der Waals surface area contributed by atoms with Crippen LogP contribution in [0.3, 0.4) is 0 Å². The van der Waals surface area contributed by atoms with E-state index in [4.69, 9.17) is 9.47 Å². The van der Waals surface area contributed by atoms with Crippen LogP contribution in [0, 0.1) is 5.92 Å². The fourth-order valence-electron chi connectivity index (χ4n) is 4.01. The molecule has 8 nitrogen and oxygen atoms in total. The molecule has 33 heavy (non-hydrogen) atoms. The second-order valence-corrected chi connectivity index (χ2v) is 8.72. The van der Waals surface area contributed by atoms with Crippen LogP contribution in [0.1, 0.15) is 59.4 Å². The number of carbonyl (C=O) groups excluding carboxylic acids is 2. The van der Waals surface area contributed by atoms with Crippen molar-refractivity contribution in [1.82, 2.24) is 14.8 Å². The first kappa shape index (κ1) is 24.4. The fourth-order valence-corrected chi connectivity index (χ4v) is 4.01. The van der Waals surface area contributed by atoms with Crippen LogP contribution < -0.4 is 20.2 Å². The molecule has 1 aliphatic heterocycles. The first-order chi connectivity index (χ1) is 15.8. The molecule has 1 aromatic carbocycles. The topological polar surface area (TPSA) is 89.9 Å². The van der Waals surface area contributed by atoms with Crippen LogP contribution in [0.2, 0.25) is 0 Å². The smallest absolute Gasteiger partial charge is 0.259 e. The highest BCUT2D eigenvalue weighted by Crippen LogP contribution is 2.24. The largest absolute Gasteiger partial charge is 0.497 e. The minimum absolute atomic E-state index is 0.0361. The summed E-state index contributed by atoms with van der Waals surface area (Å²) in [7, 11) is 3.11. The highest BCUT2D eigenvalue weighted by molar-refractivity contribution is 5.99. The Morgan fingerprint density at radius 3 is 2.36 bits per heavy atom. The molecule has 0 atom stereocenters. The lowest BCUT2D eigenvalue weighted by Crippen LogP contribution is -2.40. The number of hydrogen-bond acceptors (Lipinski definition) is 5. The molecule has 2 heterocycles. The molecule has 0 saturated carbocycles. The van der Waals surface area contributed by atoms with Gasteiger partial charge in [0.1, 0.15) is 22.6 Å². The lowest BCUT2D eigenvalue weighted by molar-refractivity contribution is 0.0722. The molecular weight excluding hydrogens is 422 g/mol. The third-order valence-corrected chi connectivity index (χ3v) is 5.71. The van der Waals surface area contributed by atoms with Crippen molar-refractivity contribution in [3.05, 3.63) is 57.5 Å². The van der Waals surface area contributed by atoms with E-state index >= 15 is 0 Å². The predicted molar refractivity (Wildman–Crippen MR) is 126 cm³/mol. The number of aromatic nitrogens is 1. The van der Waals surface area contributed by atoms with Gasteiger partial charge in [0.15, 0.2) is 0 Å². The lowest BCUT2D eigenvalue weighted by atomic mass is 10.1. The van der Waals surface area contributed by atoms with Crippen molar-refractivity contribution in [3.8, 4) is 11.5 Å². The Kier molecular flexibility index (Phi) is 8.14. The Morgan fingerprint density at radius 2 is 1.73 bits per heavy atom. The Balaban J connectivity index is 1.88. The number of nitrogens with zero attached hydrogens (tertiary/aromatic N) is 2. The molecule has 0 aliphatic carbocycles. The van der Waals surface area contributed by atoms with Gasteiger partial charge in [-0.15, -0.1) is 0 Å². The zero-order valence-corrected chi connectivity index (χ0v) is 19.8. The quantitative estimate of drug-likeness (QED) is 0.661. The van der Waals surface area contributed by atoms with E-state index in [1.807, 2.05) is 13.8 Å². The number of rotatable bonds is 8. The van der Waals surface area contributed by atoms with Crippen molar-refractivity contribution >= 4 is 11.8 Å². The number of piperidine rings is 1. The molecule has 1 aliphatic rings. The molecule has 1 aromatic heterocycles. The van der Waals surface area contributed by atoms with Crippen molar-refractivity contribution in [2.45, 2.75) is 46.2 Å². The minimum Gasteiger partial charge on any atom is -0.497 e. The molecule has 1 saturated heterocycles. The van der Waals surface area contributed by atoms with Crippen LogP contribution in [-0.4, -0.2) is 48.6 Å². The third kappa shape index (κ3) is 5.94. The van der Waals surface area contributed by atoms with Crippen molar-refractivity contribution in [2.24, 2.45) is 5.92 Å². The van der Waals surface area contributed by atoms with Gasteiger partial charge in [-0.25, -0.2) is 0 Å². The summed E-state index contributed by atoms with van der Waals surface area (Å²) in [6, 6.07) is 5.30. The van der Waals surface area contributed by atoms with Crippen molar-refractivity contribution < 1.29 is 19.1 Å². The van der Waals surface area contributed by atoms with Gasteiger partial charge in [-0.3, -0.25) is 14.4 Å². The van der Waals surface area contributed by atoms with Gasteiger partial charge >= 0.3 is 0 Å². The van der Waals surface area contributed by atoms with Gasteiger partial charge in [-0.2, -0.15) is 0 Å². The maximum atomic E-state index is 13.2. The van der Waals surface area contributed by atoms with E-state index in [1.165, 1.54) is 6.20 Å². The van der Waals surface area contributed by atoms with Crippen LogP contribution in [0.25, 0.3) is 0 Å². The SMILES string of the molecule is COc1ccc(CNC(=O)c2cn(CC(C)C)cc(C(=O)N3CCCCC3)c2=O)c(OC)c1. The highest BCUT2D eigenvalue weighted by atomic mass is 16.5. The number of nitrogens with one attached hydrogen (secondary N) is 1. The number of methoxy groups -OCH3 is 2. The fraction of sp³-hybridized carbons (Fsp3) is 0.480. The number of carbonyl (C=O) groups is 2. The Labute approximate surface area is 194 Å². The molecule has 2 amide bonds. The summed E-state index contributed by atoms with van der Waals surface area (Å²) in [6.45, 7) is 6.11. The van der Waals surface area contributed by atoms with Gasteiger partial charge in [0.2, 0.25) is 5.43 Å². The number of hydrogen-bond donors (Lipinski definition) is 1. The second-order valence-electron chi connectivity index (χ2n) is 8.72. The molecule has 1 N–H and O–H groups in total. The predicted octanol–water partition coefficient (Wildman–Crippen LogP) is 3.08. The average molecular weight is 456 g/mol. The van der Waals surface area contributed by atoms with Crippen LogP contribution in [0.15, 0.2) is 35.4 Å². The Morgan fingerprint density at radius 1 is 1.03 bits per heavy atom. The van der Waals surface area contributed by atoms with Gasteiger partial charge in [-0.1, -0.05) is 13.8 Å². The number of pyridine rings is 1. The van der Waals surface area contributed by atoms with Crippen LogP contribution in [0.4, 0.5) is 0 Å². The number of ether oxygens (including phenoxy) is 2. The summed E-state index contributed by atoms with van der Waals surface area (Å²) >= 11 is 0. The van der Waals surface area contributed by atoms with E-state index in [9.17, 15) is 14.4 Å². The van der Waals surface area contributed by atoms with Gasteiger partial charge < -0.3 is 24.3 Å². The zero-order chi connectivity index (χ0) is 24.0. The summed E-state index contributed by atoms with van der Waals surface area (Å²) in [5.74, 6) is 0.667. The normalized spacial score (nSPS) is 13.7. The van der Waals surface area contributed by atoms with E-state index < -0.39 is 11.3 Å². The Bertz CT molecular complexity index is 1050. The van der Waals surface area contributed by atoms with E-state index in [0.29, 0.717) is 31.1 Å². The lowest BCUT2D eigenvalue weighted by Gasteiger charge is -2.27. The van der Waals surface area contributed by atoms with E-state index in [0.717, 1.165) is 24.8 Å². The number of benzene rings is 1. The van der Waals surface area contributed by atoms with E-state index in [1.54, 1.807) is 48.1 Å². The summed E-state index contributed by atoms with van der Waals surface area (Å²) < 4.78 is 12.4. The second kappa shape index (κ2) is 11.0. The molecule has 0 unspecified atom stereocenters. The van der Waals surface area contributed by atoms with Crippen molar-refractivity contribution in [1.29, 1.82) is 0 Å². The van der Waals surface area contributed by atoms with Gasteiger partial charge in [0.25, 0.3) is 11.8 Å². The first-order valence-electron chi connectivity index (χ1n) is 11.4. The van der Waals surface area contributed by atoms with Crippen molar-refractivity contribution in [3.63, 3.8) is 0 Å². The first-order valence-corrected chi connectivity index (χ1v) is 11.4. The highest BCUT2D eigenvalue weighted by Gasteiger charge is 2.24. The molecule has 1 fully saturated rings. The molecule has 2 aromatic rings. The molecule has 178 valence electrons. The van der Waals surface area contributed by atoms with E-state index in [2.05, 4.69) is 5.32 Å². The molecule has 8 heteroatoms. The molecular formula is C25H33N3O5. The Hall–Kier alpha value is -3.29. The monoisotopic (exact) mass is 455 g/mol. The van der Waals surface area contributed by atoms with Gasteiger partial charge in [0, 0.05) is 50.2 Å². The van der Waals surface area contributed by atoms with Crippen LogP contribution in [0.5, 0.6) is 11.5 Å². The van der Waals surface area contributed by atoms with Crippen LogP contribution >= 0.6 is 0 Å². The number of amides is 2. The molecule has 0 bridgehead atoms. The standard InChI is InChI=1S/C25H33N3O5/c1-17(2)14-27-15-20(23(29)21(16-27)25(31)28-10-6-5-7-11-28)24(30)26-13-18-8-9-19(32-3)12-22(18)33-4/h8-9,12,15-17H,5-7,10-11,13-14H2,1-4H3,(H,26,30). The number of likely N-dealkylation sites (tertiary alicyclic amines) is 1. The van der Waals surface area contributed by atoms with Crippen molar-refractivity contribution in [2.75, 3.05) is 27.3 Å². The maximum absolute atomic E-state index is 13.2. The average Bonchev–Trinajstić information content (AvgIpc) is 2.83. The summed E-state index contributed by atoms with van der Waals surface area (Å²) in [4.78, 5) is 41.0. The van der Waals surface area contributed by atoms with Gasteiger partial charge in [0.05, 0.1) is 14.2 Å². The summed E-state index contributed by atoms with van der Waals surface area (Å²) in [5, 5.41) is 2.80. The van der Waals surface area contributed by atoms with E-state index in [-0.39, 0.29) is 29.5 Å².